The third-order valence-corrected chi connectivity index (χ3v) is 2.74. The number of carbonyl (C=O) groups is 3. The van der Waals surface area contributed by atoms with Gasteiger partial charge in [0.2, 0.25) is 0 Å². The van der Waals surface area contributed by atoms with Crippen LogP contribution in [0.3, 0.4) is 0 Å². The largest absolute Gasteiger partial charge is 0.467 e. The molecule has 0 unspecified atom stereocenters. The monoisotopic (exact) mass is 305 g/mol. The number of hydrogen-bond donors (Lipinski definition) is 2. The molecule has 0 bridgehead atoms. The molecule has 116 valence electrons. The van der Waals surface area contributed by atoms with E-state index in [-0.39, 0.29) is 6.54 Å². The first-order valence-corrected chi connectivity index (χ1v) is 6.45. The minimum Gasteiger partial charge on any atom is -0.467 e. The minimum absolute atomic E-state index is 0.148. The van der Waals surface area contributed by atoms with Crippen LogP contribution >= 0.6 is 0 Å². The molecule has 0 aliphatic heterocycles. The van der Waals surface area contributed by atoms with E-state index in [4.69, 9.17) is 9.15 Å². The lowest BCUT2D eigenvalue weighted by Crippen LogP contribution is -2.41. The lowest BCUT2D eigenvalue weighted by molar-refractivity contribution is -0.123. The fourth-order valence-electron chi connectivity index (χ4n) is 1.67. The second-order valence-corrected chi connectivity index (χ2v) is 4.39. The van der Waals surface area contributed by atoms with E-state index in [2.05, 4.69) is 5.32 Å². The number of carbonyl (C=O) groups excluding carboxylic acids is 3. The molecule has 2 N–H and O–H groups in total. The number of aryl methyl sites for hydroxylation is 1. The summed E-state index contributed by atoms with van der Waals surface area (Å²) >= 11 is 0. The zero-order chi connectivity index (χ0) is 15.9. The molecule has 2 aromatic rings. The maximum Gasteiger partial charge on any atom is 0.355 e. The molecule has 2 heterocycles. The molecule has 8 nitrogen and oxygen atoms in total. The first kappa shape index (κ1) is 15.4. The van der Waals surface area contributed by atoms with Crippen LogP contribution in [0, 0.1) is 0 Å². The van der Waals surface area contributed by atoms with Crippen LogP contribution in [0.15, 0.2) is 41.1 Å². The quantitative estimate of drug-likeness (QED) is 0.795. The van der Waals surface area contributed by atoms with Gasteiger partial charge in [0.05, 0.1) is 12.8 Å². The molecule has 2 aromatic heterocycles. The predicted octanol–water partition coefficient (Wildman–Crippen LogP) is 0.801. The Bertz CT molecular complexity index is 660. The van der Waals surface area contributed by atoms with E-state index in [1.165, 1.54) is 6.26 Å². The number of imide groups is 1. The van der Waals surface area contributed by atoms with Crippen molar-refractivity contribution in [3.8, 4) is 0 Å². The average molecular weight is 305 g/mol. The van der Waals surface area contributed by atoms with Gasteiger partial charge < -0.3 is 19.0 Å². The molecule has 0 spiro atoms. The molecular weight excluding hydrogens is 290 g/mol. The number of nitrogens with one attached hydrogen (secondary N) is 2. The SMILES string of the molecule is Cn1cccc1C(=O)OCC(=O)NC(=O)NCc1ccco1. The Kier molecular flexibility index (Phi) is 4.97. The highest BCUT2D eigenvalue weighted by Crippen LogP contribution is 2.01. The van der Waals surface area contributed by atoms with Crippen LogP contribution in [-0.4, -0.2) is 29.1 Å². The van der Waals surface area contributed by atoms with Crippen LogP contribution in [0.1, 0.15) is 16.2 Å². The molecular formula is C14H15N3O5. The standard InChI is InChI=1S/C14H15N3O5/c1-17-6-2-5-11(17)13(19)22-9-12(18)16-14(20)15-8-10-4-3-7-21-10/h2-7H,8-9H2,1H3,(H2,15,16,18,20). The maximum absolute atomic E-state index is 11.7. The minimum atomic E-state index is -0.723. The number of amides is 3. The molecule has 0 fully saturated rings. The molecule has 22 heavy (non-hydrogen) atoms. The number of rotatable bonds is 5. The number of ether oxygens (including phenoxy) is 1. The van der Waals surface area contributed by atoms with Crippen LogP contribution < -0.4 is 10.6 Å². The normalized spacial score (nSPS) is 10.0. The Morgan fingerprint density at radius 1 is 1.27 bits per heavy atom. The molecule has 8 heteroatoms. The van der Waals surface area contributed by atoms with Crippen molar-refractivity contribution in [1.82, 2.24) is 15.2 Å². The van der Waals surface area contributed by atoms with E-state index in [1.54, 1.807) is 42.1 Å². The summed E-state index contributed by atoms with van der Waals surface area (Å²) in [4.78, 5) is 34.6. The van der Waals surface area contributed by atoms with Gasteiger partial charge in [-0.3, -0.25) is 10.1 Å². The first-order valence-electron chi connectivity index (χ1n) is 6.45. The van der Waals surface area contributed by atoms with Gasteiger partial charge in [0.15, 0.2) is 6.61 Å². The molecule has 0 radical (unpaired) electrons. The maximum atomic E-state index is 11.7. The first-order chi connectivity index (χ1) is 10.6. The second kappa shape index (κ2) is 7.11. The molecule has 0 aliphatic carbocycles. The van der Waals surface area contributed by atoms with Crippen molar-refractivity contribution in [2.75, 3.05) is 6.61 Å². The van der Waals surface area contributed by atoms with Gasteiger partial charge in [0.25, 0.3) is 5.91 Å². The van der Waals surface area contributed by atoms with Crippen molar-refractivity contribution < 1.29 is 23.5 Å². The lowest BCUT2D eigenvalue weighted by Gasteiger charge is -2.07. The topological polar surface area (TPSA) is 103 Å². The third-order valence-electron chi connectivity index (χ3n) is 2.74. The Labute approximate surface area is 126 Å². The molecule has 0 aliphatic rings. The van der Waals surface area contributed by atoms with Gasteiger partial charge in [0, 0.05) is 13.2 Å². The fraction of sp³-hybridized carbons (Fsp3) is 0.214. The number of nitrogens with zero attached hydrogens (tertiary/aromatic N) is 1. The summed E-state index contributed by atoms with van der Waals surface area (Å²) in [7, 11) is 1.68. The smallest absolute Gasteiger partial charge is 0.355 e. The summed E-state index contributed by atoms with van der Waals surface area (Å²) < 4.78 is 11.4. The zero-order valence-corrected chi connectivity index (χ0v) is 11.9. The average Bonchev–Trinajstić information content (AvgIpc) is 3.14. The van der Waals surface area contributed by atoms with Crippen LogP contribution in [0.5, 0.6) is 0 Å². The predicted molar refractivity (Wildman–Crippen MR) is 74.8 cm³/mol. The summed E-state index contributed by atoms with van der Waals surface area (Å²) in [6.07, 6.45) is 3.15. The number of aromatic nitrogens is 1. The molecule has 0 saturated heterocycles. The van der Waals surface area contributed by atoms with Gasteiger partial charge in [-0.1, -0.05) is 0 Å². The van der Waals surface area contributed by atoms with Gasteiger partial charge in [-0.15, -0.1) is 0 Å². The van der Waals surface area contributed by atoms with Gasteiger partial charge in [-0.2, -0.15) is 0 Å². The number of furan rings is 1. The van der Waals surface area contributed by atoms with E-state index in [0.717, 1.165) is 0 Å². The van der Waals surface area contributed by atoms with Gasteiger partial charge in [-0.05, 0) is 24.3 Å². The van der Waals surface area contributed by atoms with Crippen molar-refractivity contribution in [1.29, 1.82) is 0 Å². The lowest BCUT2D eigenvalue weighted by atomic mass is 10.4. The molecule has 0 saturated carbocycles. The van der Waals surface area contributed by atoms with Crippen molar-refractivity contribution in [3.63, 3.8) is 0 Å². The van der Waals surface area contributed by atoms with Crippen molar-refractivity contribution in [3.05, 3.63) is 48.2 Å². The van der Waals surface area contributed by atoms with Gasteiger partial charge >= 0.3 is 12.0 Å². The molecule has 2 rings (SSSR count). The second-order valence-electron chi connectivity index (χ2n) is 4.39. The van der Waals surface area contributed by atoms with Crippen LogP contribution in [0.4, 0.5) is 4.79 Å². The Balaban J connectivity index is 1.70. The Morgan fingerprint density at radius 2 is 2.09 bits per heavy atom. The van der Waals surface area contributed by atoms with Gasteiger partial charge in [0.1, 0.15) is 11.5 Å². The summed E-state index contributed by atoms with van der Waals surface area (Å²) in [6.45, 7) is -0.395. The zero-order valence-electron chi connectivity index (χ0n) is 11.9. The van der Waals surface area contributed by atoms with Crippen LogP contribution in [0.25, 0.3) is 0 Å². The molecule has 3 amide bonds. The van der Waals surface area contributed by atoms with E-state index in [9.17, 15) is 14.4 Å². The van der Waals surface area contributed by atoms with Gasteiger partial charge in [-0.25, -0.2) is 9.59 Å². The summed E-state index contributed by atoms with van der Waals surface area (Å²) in [5.41, 5.74) is 0.315. The van der Waals surface area contributed by atoms with Crippen molar-refractivity contribution in [2.24, 2.45) is 7.05 Å². The third kappa shape index (κ3) is 4.23. The summed E-state index contributed by atoms with van der Waals surface area (Å²) in [6, 6.07) is 5.92. The number of urea groups is 1. The summed E-state index contributed by atoms with van der Waals surface area (Å²) in [5, 5.41) is 4.47. The van der Waals surface area contributed by atoms with Crippen molar-refractivity contribution in [2.45, 2.75) is 6.54 Å². The van der Waals surface area contributed by atoms with E-state index in [1.807, 2.05) is 5.32 Å². The van der Waals surface area contributed by atoms with Crippen LogP contribution in [-0.2, 0) is 23.1 Å². The molecule has 0 aromatic carbocycles. The van der Waals surface area contributed by atoms with E-state index < -0.39 is 24.5 Å². The highest BCUT2D eigenvalue weighted by Gasteiger charge is 2.14. The summed E-state index contributed by atoms with van der Waals surface area (Å²) in [5.74, 6) is -0.809. The number of esters is 1. The highest BCUT2D eigenvalue weighted by atomic mass is 16.5. The van der Waals surface area contributed by atoms with Crippen molar-refractivity contribution >= 4 is 17.9 Å². The Hall–Kier alpha value is -3.03. The van der Waals surface area contributed by atoms with E-state index in [0.29, 0.717) is 11.5 Å². The van der Waals surface area contributed by atoms with E-state index >= 15 is 0 Å². The van der Waals surface area contributed by atoms with Crippen LogP contribution in [0.2, 0.25) is 0 Å². The highest BCUT2D eigenvalue weighted by molar-refractivity contribution is 5.96. The fourth-order valence-corrected chi connectivity index (χ4v) is 1.67. The molecule has 0 atom stereocenters. The number of hydrogen-bond acceptors (Lipinski definition) is 5. The Morgan fingerprint density at radius 3 is 2.73 bits per heavy atom.